The van der Waals surface area contributed by atoms with E-state index in [9.17, 15) is 4.79 Å². The normalized spacial score (nSPS) is 8.12. The van der Waals surface area contributed by atoms with E-state index in [4.69, 9.17) is 0 Å². The number of aryl methyl sites for hydroxylation is 2. The van der Waals surface area contributed by atoms with Crippen LogP contribution in [0.25, 0.3) is 0 Å². The van der Waals surface area contributed by atoms with Crippen molar-refractivity contribution in [2.24, 2.45) is 0 Å². The van der Waals surface area contributed by atoms with Gasteiger partial charge in [-0.25, -0.2) is 4.98 Å². The first kappa shape index (κ1) is 17.5. The third-order valence-electron chi connectivity index (χ3n) is 1.54. The van der Waals surface area contributed by atoms with Crippen molar-refractivity contribution in [3.8, 4) is 0 Å². The van der Waals surface area contributed by atoms with Gasteiger partial charge in [0.15, 0.2) is 0 Å². The third kappa shape index (κ3) is 9.65. The highest BCUT2D eigenvalue weighted by molar-refractivity contribution is 7.11. The number of carbonyl (C=O) groups is 1. The number of carbonyl (C=O) groups excluding carboxylic acids is 1. The second kappa shape index (κ2) is 12.2. The summed E-state index contributed by atoms with van der Waals surface area (Å²) in [6.45, 7) is 9.66. The topological polar surface area (TPSA) is 39.2 Å². The van der Waals surface area contributed by atoms with E-state index in [1.54, 1.807) is 0 Å². The molecule has 0 spiro atoms. The summed E-state index contributed by atoms with van der Waals surface area (Å²) in [5.74, 6) is -0.245. The zero-order valence-electron chi connectivity index (χ0n) is 11.2. The molecule has 4 heteroatoms. The fourth-order valence-electron chi connectivity index (χ4n) is 0.675. The van der Waals surface area contributed by atoms with Gasteiger partial charge in [0.05, 0.1) is 12.1 Å². The van der Waals surface area contributed by atoms with Gasteiger partial charge in [0.25, 0.3) is 0 Å². The van der Waals surface area contributed by atoms with Crippen LogP contribution in [0.3, 0.4) is 0 Å². The highest BCUT2D eigenvalue weighted by atomic mass is 32.1. The van der Waals surface area contributed by atoms with E-state index in [0.29, 0.717) is 0 Å². The van der Waals surface area contributed by atoms with Crippen LogP contribution in [-0.2, 0) is 22.4 Å². The fourth-order valence-corrected chi connectivity index (χ4v) is 1.48. The predicted octanol–water partition coefficient (Wildman–Crippen LogP) is 3.47. The van der Waals surface area contributed by atoms with E-state index in [0.717, 1.165) is 12.8 Å². The van der Waals surface area contributed by atoms with Crippen molar-refractivity contribution in [3.05, 3.63) is 16.1 Å². The molecule has 0 bridgehead atoms. The Morgan fingerprint density at radius 2 is 1.88 bits per heavy atom. The van der Waals surface area contributed by atoms with Crippen molar-refractivity contribution in [1.82, 2.24) is 4.98 Å². The monoisotopic (exact) mass is 245 g/mol. The van der Waals surface area contributed by atoms with Crippen molar-refractivity contribution >= 4 is 17.3 Å². The standard InChI is InChI=1S/C7H11NS.C3H6O2.C2H6/c1-3-6-5-8-7(4-2)9-6;1-3(4)5-2;1-2/h5H,3-4H2,1-2H3;1-2H3;1-2H3. The number of thiazole rings is 1. The van der Waals surface area contributed by atoms with Gasteiger partial charge in [-0.1, -0.05) is 27.7 Å². The molecule has 1 rings (SSSR count). The molecule has 1 heterocycles. The van der Waals surface area contributed by atoms with Crippen molar-refractivity contribution in [3.63, 3.8) is 0 Å². The van der Waals surface area contributed by atoms with Gasteiger partial charge in [0, 0.05) is 18.0 Å². The van der Waals surface area contributed by atoms with E-state index in [-0.39, 0.29) is 5.97 Å². The summed E-state index contributed by atoms with van der Waals surface area (Å²) in [6.07, 6.45) is 4.17. The molecule has 0 unspecified atom stereocenters. The average molecular weight is 245 g/mol. The number of hydrogen-bond donors (Lipinski definition) is 0. The lowest BCUT2D eigenvalue weighted by Crippen LogP contribution is -1.88. The Morgan fingerprint density at radius 1 is 1.38 bits per heavy atom. The van der Waals surface area contributed by atoms with Crippen molar-refractivity contribution in [1.29, 1.82) is 0 Å². The number of nitrogens with zero attached hydrogens (tertiary/aromatic N) is 1. The first-order valence-corrected chi connectivity index (χ1v) is 6.43. The van der Waals surface area contributed by atoms with E-state index in [1.807, 2.05) is 31.4 Å². The van der Waals surface area contributed by atoms with Gasteiger partial charge in [-0.3, -0.25) is 4.79 Å². The molecule has 16 heavy (non-hydrogen) atoms. The summed E-state index contributed by atoms with van der Waals surface area (Å²) in [6, 6.07) is 0. The number of ether oxygens (including phenoxy) is 1. The lowest BCUT2D eigenvalue weighted by Gasteiger charge is -1.81. The first-order valence-electron chi connectivity index (χ1n) is 5.62. The van der Waals surface area contributed by atoms with Crippen LogP contribution in [0.2, 0.25) is 0 Å². The SMILES string of the molecule is CC.CCc1cnc(CC)s1.COC(C)=O. The van der Waals surface area contributed by atoms with Crippen LogP contribution in [0, 0.1) is 0 Å². The minimum atomic E-state index is -0.245. The predicted molar refractivity (Wildman–Crippen MR) is 69.9 cm³/mol. The van der Waals surface area contributed by atoms with E-state index in [1.165, 1.54) is 23.9 Å². The minimum Gasteiger partial charge on any atom is -0.469 e. The zero-order valence-corrected chi connectivity index (χ0v) is 12.0. The van der Waals surface area contributed by atoms with Crippen LogP contribution in [-0.4, -0.2) is 18.1 Å². The lowest BCUT2D eigenvalue weighted by molar-refractivity contribution is -0.137. The first-order chi connectivity index (χ1) is 7.63. The number of hydrogen-bond acceptors (Lipinski definition) is 4. The molecule has 0 aromatic carbocycles. The molecule has 0 radical (unpaired) electrons. The van der Waals surface area contributed by atoms with E-state index >= 15 is 0 Å². The van der Waals surface area contributed by atoms with E-state index < -0.39 is 0 Å². The Morgan fingerprint density at radius 3 is 2.06 bits per heavy atom. The molecule has 0 atom stereocenters. The lowest BCUT2D eigenvalue weighted by atomic mass is 10.4. The van der Waals surface area contributed by atoms with Gasteiger partial charge < -0.3 is 4.74 Å². The number of esters is 1. The largest absolute Gasteiger partial charge is 0.469 e. The summed E-state index contributed by atoms with van der Waals surface area (Å²) in [7, 11) is 1.35. The zero-order chi connectivity index (χ0) is 13.0. The molecule has 0 N–H and O–H groups in total. The molecular formula is C12H23NO2S. The summed E-state index contributed by atoms with van der Waals surface area (Å²) >= 11 is 1.82. The Kier molecular flexibility index (Phi) is 13.3. The second-order valence-corrected chi connectivity index (χ2v) is 3.82. The maximum absolute atomic E-state index is 9.59. The van der Waals surface area contributed by atoms with Crippen molar-refractivity contribution < 1.29 is 9.53 Å². The van der Waals surface area contributed by atoms with Crippen LogP contribution in [0.4, 0.5) is 0 Å². The number of aromatic nitrogens is 1. The molecular weight excluding hydrogens is 222 g/mol. The molecule has 0 fully saturated rings. The second-order valence-electron chi connectivity index (χ2n) is 2.62. The van der Waals surface area contributed by atoms with Crippen LogP contribution in [0.15, 0.2) is 6.20 Å². The Labute approximate surface area is 103 Å². The van der Waals surface area contributed by atoms with Crippen molar-refractivity contribution in [2.75, 3.05) is 7.11 Å². The summed E-state index contributed by atoms with van der Waals surface area (Å²) in [5.41, 5.74) is 0. The molecule has 0 saturated carbocycles. The molecule has 0 aliphatic rings. The molecule has 3 nitrogen and oxygen atoms in total. The van der Waals surface area contributed by atoms with Gasteiger partial charge in [0.2, 0.25) is 0 Å². The Bertz CT molecular complexity index is 253. The third-order valence-corrected chi connectivity index (χ3v) is 2.83. The van der Waals surface area contributed by atoms with Crippen LogP contribution in [0.1, 0.15) is 44.5 Å². The maximum Gasteiger partial charge on any atom is 0.302 e. The highest BCUT2D eigenvalue weighted by Crippen LogP contribution is 2.12. The van der Waals surface area contributed by atoms with Crippen LogP contribution in [0.5, 0.6) is 0 Å². The van der Waals surface area contributed by atoms with Crippen LogP contribution < -0.4 is 0 Å². The summed E-state index contributed by atoms with van der Waals surface area (Å²) in [5, 5.41) is 1.26. The molecule has 0 aliphatic heterocycles. The quantitative estimate of drug-likeness (QED) is 0.749. The van der Waals surface area contributed by atoms with Gasteiger partial charge >= 0.3 is 5.97 Å². The van der Waals surface area contributed by atoms with E-state index in [2.05, 4.69) is 23.6 Å². The van der Waals surface area contributed by atoms with Crippen LogP contribution >= 0.6 is 11.3 Å². The number of rotatable bonds is 2. The minimum absolute atomic E-state index is 0.245. The molecule has 94 valence electrons. The van der Waals surface area contributed by atoms with Crippen molar-refractivity contribution in [2.45, 2.75) is 47.5 Å². The average Bonchev–Trinajstić information content (AvgIpc) is 2.80. The van der Waals surface area contributed by atoms with Gasteiger partial charge in [-0.05, 0) is 12.8 Å². The Hall–Kier alpha value is -0.900. The molecule has 0 amide bonds. The molecule has 0 aliphatic carbocycles. The maximum atomic E-state index is 9.59. The Balaban J connectivity index is 0. The fraction of sp³-hybridized carbons (Fsp3) is 0.667. The molecule has 1 aromatic heterocycles. The molecule has 0 saturated heterocycles. The van der Waals surface area contributed by atoms with Gasteiger partial charge in [-0.2, -0.15) is 0 Å². The highest BCUT2D eigenvalue weighted by Gasteiger charge is 1.95. The van der Waals surface area contributed by atoms with Gasteiger partial charge in [0.1, 0.15) is 0 Å². The smallest absolute Gasteiger partial charge is 0.302 e. The summed E-state index contributed by atoms with van der Waals surface area (Å²) in [4.78, 5) is 15.2. The van der Waals surface area contributed by atoms with Gasteiger partial charge in [-0.15, -0.1) is 11.3 Å². The molecule has 1 aromatic rings. The number of methoxy groups -OCH3 is 1. The summed E-state index contributed by atoms with van der Waals surface area (Å²) < 4.78 is 4.11.